The first-order valence-corrected chi connectivity index (χ1v) is 40.9. The van der Waals surface area contributed by atoms with Gasteiger partial charge in [0.2, 0.25) is 0 Å². The molecule has 0 radical (unpaired) electrons. The van der Waals surface area contributed by atoms with Gasteiger partial charge in [0.05, 0.1) is 26.4 Å². The molecule has 19 heteroatoms. The number of unbranched alkanes of at least 4 members (excludes halogenated alkanes) is 37. The molecule has 0 saturated heterocycles. The third kappa shape index (κ3) is 64.1. The summed E-state index contributed by atoms with van der Waals surface area (Å²) in [5.41, 5.74) is 0. The van der Waals surface area contributed by atoms with Crippen molar-refractivity contribution in [3.63, 3.8) is 0 Å². The molecule has 3 N–H and O–H groups in total. The molecule has 0 aromatic carbocycles. The smallest absolute Gasteiger partial charge is 0.462 e. The van der Waals surface area contributed by atoms with Crippen molar-refractivity contribution in [2.24, 2.45) is 17.8 Å². The summed E-state index contributed by atoms with van der Waals surface area (Å²) in [6.07, 6.45) is 49.1. The van der Waals surface area contributed by atoms with E-state index in [2.05, 4.69) is 48.5 Å². The molecule has 0 aromatic rings. The van der Waals surface area contributed by atoms with Crippen molar-refractivity contribution in [2.45, 2.75) is 388 Å². The van der Waals surface area contributed by atoms with E-state index in [1.54, 1.807) is 0 Å². The Morgan fingerprint density at radius 1 is 0.315 bits per heavy atom. The van der Waals surface area contributed by atoms with Crippen LogP contribution in [0.15, 0.2) is 0 Å². The lowest BCUT2D eigenvalue weighted by atomic mass is 9.99. The Morgan fingerprint density at radius 3 is 0.826 bits per heavy atom. The van der Waals surface area contributed by atoms with Crippen LogP contribution in [0.4, 0.5) is 0 Å². The van der Waals surface area contributed by atoms with Gasteiger partial charge in [0.15, 0.2) is 12.2 Å². The largest absolute Gasteiger partial charge is 0.472 e. The van der Waals surface area contributed by atoms with Gasteiger partial charge in [0.1, 0.15) is 19.3 Å². The second-order valence-electron chi connectivity index (χ2n) is 27.3. The zero-order valence-electron chi connectivity index (χ0n) is 60.0. The number of hydrogen-bond acceptors (Lipinski definition) is 15. The average Bonchev–Trinajstić information content (AvgIpc) is 2.76. The molecule has 0 spiro atoms. The summed E-state index contributed by atoms with van der Waals surface area (Å²) >= 11 is 0. The van der Waals surface area contributed by atoms with Crippen LogP contribution >= 0.6 is 15.6 Å². The Bertz CT molecular complexity index is 1810. The van der Waals surface area contributed by atoms with E-state index >= 15 is 0 Å². The lowest BCUT2D eigenvalue weighted by Gasteiger charge is -2.21. The van der Waals surface area contributed by atoms with E-state index < -0.39 is 97.5 Å². The minimum atomic E-state index is -4.95. The monoisotopic (exact) mass is 1350 g/mol. The van der Waals surface area contributed by atoms with E-state index in [9.17, 15) is 43.2 Å². The number of rotatable bonds is 71. The topological polar surface area (TPSA) is 237 Å². The third-order valence-corrected chi connectivity index (χ3v) is 19.5. The standard InChI is InChI=1S/C73H142O17P2/c1-8-11-12-37-47-54-70(75)83-60-68(90-73(78)57-50-43-36-35-40-46-53-66(7)10-3)62-87-91(79,80)85-58-67(74)59-86-92(81,82)88-63-69(61-84-71(76)55-48-41-33-29-25-22-21-23-27-31-38-44-51-64(4)5)89-72(77)56-49-42-34-30-26-20-18-16-14-13-15-17-19-24-28-32-39-45-52-65(6)9-2/h64-69,74H,8-63H2,1-7H3,(H,79,80)(H,81,82)/t65?,66?,67-,68+,69+/m0/s1. The molecule has 0 aromatic heterocycles. The number of aliphatic hydroxyl groups is 1. The number of hydrogen-bond donors (Lipinski definition) is 3. The Morgan fingerprint density at radius 2 is 0.554 bits per heavy atom. The first-order valence-electron chi connectivity index (χ1n) is 37.9. The van der Waals surface area contributed by atoms with Crippen LogP contribution in [-0.2, 0) is 65.4 Å². The quantitative estimate of drug-likeness (QED) is 0.0222. The van der Waals surface area contributed by atoms with Crippen molar-refractivity contribution in [2.75, 3.05) is 39.6 Å². The zero-order chi connectivity index (χ0) is 68.0. The zero-order valence-corrected chi connectivity index (χ0v) is 61.8. The number of phosphoric acid groups is 2. The highest BCUT2D eigenvalue weighted by Crippen LogP contribution is 2.45. The van der Waals surface area contributed by atoms with Crippen LogP contribution < -0.4 is 0 Å². The maximum atomic E-state index is 13.1. The highest BCUT2D eigenvalue weighted by molar-refractivity contribution is 7.47. The van der Waals surface area contributed by atoms with E-state index in [0.717, 1.165) is 114 Å². The SMILES string of the molecule is CCCCCCCC(=O)OC[C@H](COP(=O)(O)OC[C@H](O)COP(=O)(O)OC[C@@H](COC(=O)CCCCCCCCCCCCCCC(C)C)OC(=O)CCCCCCCCCCCCCCCCCCCCC(C)CC)OC(=O)CCCCCCCCC(C)CC. The number of ether oxygens (including phenoxy) is 4. The molecule has 17 nitrogen and oxygen atoms in total. The number of phosphoric ester groups is 2. The van der Waals surface area contributed by atoms with Gasteiger partial charge >= 0.3 is 39.5 Å². The highest BCUT2D eigenvalue weighted by Gasteiger charge is 2.30. The average molecular weight is 1350 g/mol. The van der Waals surface area contributed by atoms with Crippen molar-refractivity contribution in [1.82, 2.24) is 0 Å². The van der Waals surface area contributed by atoms with Crippen LogP contribution in [0.1, 0.15) is 370 Å². The van der Waals surface area contributed by atoms with E-state index in [0.29, 0.717) is 25.7 Å². The molecule has 0 heterocycles. The lowest BCUT2D eigenvalue weighted by Crippen LogP contribution is -2.30. The maximum Gasteiger partial charge on any atom is 0.472 e. The van der Waals surface area contributed by atoms with Gasteiger partial charge in [-0.05, 0) is 43.4 Å². The van der Waals surface area contributed by atoms with E-state index in [-0.39, 0.29) is 25.7 Å². The molecule has 0 fully saturated rings. The van der Waals surface area contributed by atoms with Crippen molar-refractivity contribution < 1.29 is 80.2 Å². The molecule has 92 heavy (non-hydrogen) atoms. The maximum absolute atomic E-state index is 13.1. The molecule has 0 amide bonds. The van der Waals surface area contributed by atoms with Crippen LogP contribution in [0.25, 0.3) is 0 Å². The molecular formula is C73H142O17P2. The van der Waals surface area contributed by atoms with Gasteiger partial charge in [-0.2, -0.15) is 0 Å². The summed E-state index contributed by atoms with van der Waals surface area (Å²) in [7, 11) is -9.89. The molecule has 7 atom stereocenters. The second-order valence-corrected chi connectivity index (χ2v) is 30.2. The van der Waals surface area contributed by atoms with Gasteiger partial charge in [-0.15, -0.1) is 0 Å². The fourth-order valence-corrected chi connectivity index (χ4v) is 12.6. The van der Waals surface area contributed by atoms with Crippen molar-refractivity contribution in [3.8, 4) is 0 Å². The first kappa shape index (κ1) is 90.1. The van der Waals surface area contributed by atoms with E-state index in [1.165, 1.54) is 173 Å². The number of esters is 4. The molecule has 0 saturated carbocycles. The van der Waals surface area contributed by atoms with Gasteiger partial charge in [-0.1, -0.05) is 318 Å². The lowest BCUT2D eigenvalue weighted by molar-refractivity contribution is -0.161. The molecular weight excluding hydrogens is 1210 g/mol. The normalized spacial score (nSPS) is 14.7. The summed E-state index contributed by atoms with van der Waals surface area (Å²) in [6.45, 7) is 11.8. The minimum Gasteiger partial charge on any atom is -0.462 e. The van der Waals surface area contributed by atoms with Crippen molar-refractivity contribution in [3.05, 3.63) is 0 Å². The van der Waals surface area contributed by atoms with Crippen molar-refractivity contribution >= 4 is 39.5 Å². The van der Waals surface area contributed by atoms with Crippen LogP contribution in [0.5, 0.6) is 0 Å². The second kappa shape index (κ2) is 63.8. The minimum absolute atomic E-state index is 0.102. The van der Waals surface area contributed by atoms with Crippen LogP contribution in [-0.4, -0.2) is 96.7 Å². The summed E-state index contributed by atoms with van der Waals surface area (Å²) in [6, 6.07) is 0. The molecule has 0 rings (SSSR count). The Kier molecular flexibility index (Phi) is 62.4. The summed E-state index contributed by atoms with van der Waals surface area (Å²) in [5, 5.41) is 10.6. The Labute approximate surface area is 562 Å². The summed E-state index contributed by atoms with van der Waals surface area (Å²) in [4.78, 5) is 72.3. The third-order valence-electron chi connectivity index (χ3n) is 17.6. The molecule has 0 aliphatic rings. The predicted molar refractivity (Wildman–Crippen MR) is 372 cm³/mol. The van der Waals surface area contributed by atoms with Crippen LogP contribution in [0.2, 0.25) is 0 Å². The Hall–Kier alpha value is -1.94. The molecule has 4 unspecified atom stereocenters. The summed E-state index contributed by atoms with van der Waals surface area (Å²) in [5.74, 6) is 0.236. The van der Waals surface area contributed by atoms with Gasteiger partial charge in [0.25, 0.3) is 0 Å². The van der Waals surface area contributed by atoms with Gasteiger partial charge in [-0.25, -0.2) is 9.13 Å². The van der Waals surface area contributed by atoms with Gasteiger partial charge in [0, 0.05) is 25.7 Å². The fourth-order valence-electron chi connectivity index (χ4n) is 11.0. The van der Waals surface area contributed by atoms with E-state index in [4.69, 9.17) is 37.0 Å². The van der Waals surface area contributed by atoms with Gasteiger partial charge < -0.3 is 33.8 Å². The van der Waals surface area contributed by atoms with E-state index in [1.807, 2.05) is 0 Å². The van der Waals surface area contributed by atoms with Crippen LogP contribution in [0, 0.1) is 17.8 Å². The van der Waals surface area contributed by atoms with Gasteiger partial charge in [-0.3, -0.25) is 37.3 Å². The first-order chi connectivity index (χ1) is 44.3. The van der Waals surface area contributed by atoms with Crippen LogP contribution in [0.3, 0.4) is 0 Å². The number of aliphatic hydroxyl groups excluding tert-OH is 1. The molecule has 0 aliphatic heterocycles. The molecule has 0 bridgehead atoms. The number of carbonyl (C=O) groups excluding carboxylic acids is 4. The molecule has 0 aliphatic carbocycles. The Balaban J connectivity index is 5.11. The predicted octanol–water partition coefficient (Wildman–Crippen LogP) is 21.0. The number of carbonyl (C=O) groups is 4. The van der Waals surface area contributed by atoms with Crippen molar-refractivity contribution in [1.29, 1.82) is 0 Å². The highest BCUT2D eigenvalue weighted by atomic mass is 31.2. The summed E-state index contributed by atoms with van der Waals surface area (Å²) < 4.78 is 68.1. The molecule has 546 valence electrons. The fraction of sp³-hybridized carbons (Fsp3) is 0.945.